The van der Waals surface area contributed by atoms with Gasteiger partial charge in [0.2, 0.25) is 0 Å². The van der Waals surface area contributed by atoms with E-state index in [1.54, 1.807) is 0 Å². The maximum absolute atomic E-state index is 10.0. The molecule has 1 N–H and O–H groups in total. The lowest BCUT2D eigenvalue weighted by molar-refractivity contribution is -0.00242. The Morgan fingerprint density at radius 3 is 2.60 bits per heavy atom. The number of aliphatic hydroxyl groups excluding tert-OH is 1. The molecule has 6 heteroatoms. The fourth-order valence-electron chi connectivity index (χ4n) is 3.81. The van der Waals surface area contributed by atoms with Crippen LogP contribution in [0.1, 0.15) is 13.3 Å². The number of hydrogen-bond donors (Lipinski definition) is 1. The van der Waals surface area contributed by atoms with Gasteiger partial charge in [-0.15, -0.1) is 0 Å². The van der Waals surface area contributed by atoms with Gasteiger partial charge in [-0.1, -0.05) is 17.7 Å². The molecule has 0 amide bonds. The number of halogens is 1. The molecular formula is C19H30ClN3O2. The van der Waals surface area contributed by atoms with E-state index >= 15 is 0 Å². The largest absolute Gasteiger partial charge is 0.389 e. The normalized spacial score (nSPS) is 25.6. The molecule has 0 aromatic heterocycles. The van der Waals surface area contributed by atoms with Crippen molar-refractivity contribution in [1.29, 1.82) is 0 Å². The SMILES string of the molecule is CCO[C@@H]1CN(CCCN2CCN(c3cccc(Cl)c3)CC2)C[C@H]1O. The predicted molar refractivity (Wildman–Crippen MR) is 103 cm³/mol. The van der Waals surface area contributed by atoms with Crippen LogP contribution in [0, 0.1) is 0 Å². The molecule has 2 fully saturated rings. The average molecular weight is 368 g/mol. The van der Waals surface area contributed by atoms with Crippen LogP contribution in [-0.4, -0.2) is 86.1 Å². The van der Waals surface area contributed by atoms with Crippen molar-refractivity contribution < 1.29 is 9.84 Å². The van der Waals surface area contributed by atoms with Gasteiger partial charge < -0.3 is 14.7 Å². The van der Waals surface area contributed by atoms with E-state index in [0.717, 1.165) is 63.8 Å². The number of hydrogen-bond acceptors (Lipinski definition) is 5. The van der Waals surface area contributed by atoms with E-state index in [2.05, 4.69) is 20.8 Å². The Morgan fingerprint density at radius 1 is 1.12 bits per heavy atom. The highest BCUT2D eigenvalue weighted by molar-refractivity contribution is 6.30. The van der Waals surface area contributed by atoms with Crippen molar-refractivity contribution in [2.24, 2.45) is 0 Å². The highest BCUT2D eigenvalue weighted by atomic mass is 35.5. The molecule has 0 bridgehead atoms. The van der Waals surface area contributed by atoms with Crippen LogP contribution in [0.15, 0.2) is 24.3 Å². The van der Waals surface area contributed by atoms with E-state index in [1.807, 2.05) is 25.1 Å². The number of rotatable bonds is 7. The topological polar surface area (TPSA) is 39.2 Å². The Hall–Kier alpha value is -0.850. The monoisotopic (exact) mass is 367 g/mol. The van der Waals surface area contributed by atoms with Gasteiger partial charge in [0.25, 0.3) is 0 Å². The summed E-state index contributed by atoms with van der Waals surface area (Å²) in [4.78, 5) is 7.27. The lowest BCUT2D eigenvalue weighted by Gasteiger charge is -2.36. The molecular weight excluding hydrogens is 338 g/mol. The van der Waals surface area contributed by atoms with Crippen LogP contribution in [-0.2, 0) is 4.74 Å². The number of ether oxygens (including phenoxy) is 1. The van der Waals surface area contributed by atoms with Crippen molar-refractivity contribution in [2.45, 2.75) is 25.6 Å². The van der Waals surface area contributed by atoms with Crippen molar-refractivity contribution in [2.75, 3.05) is 63.9 Å². The Balaban J connectivity index is 1.35. The molecule has 0 saturated carbocycles. The number of aliphatic hydroxyl groups is 1. The van der Waals surface area contributed by atoms with Crippen molar-refractivity contribution >= 4 is 17.3 Å². The molecule has 2 saturated heterocycles. The summed E-state index contributed by atoms with van der Waals surface area (Å²) in [5, 5.41) is 10.8. The van der Waals surface area contributed by atoms with Gasteiger partial charge in [0, 0.05) is 56.6 Å². The zero-order valence-electron chi connectivity index (χ0n) is 15.1. The summed E-state index contributed by atoms with van der Waals surface area (Å²) < 4.78 is 5.59. The van der Waals surface area contributed by atoms with Crippen LogP contribution < -0.4 is 4.90 Å². The van der Waals surface area contributed by atoms with Crippen LogP contribution in [0.5, 0.6) is 0 Å². The molecule has 3 rings (SSSR count). The molecule has 140 valence electrons. The summed E-state index contributed by atoms with van der Waals surface area (Å²) in [6.45, 7) is 10.7. The van der Waals surface area contributed by atoms with Crippen molar-refractivity contribution in [1.82, 2.24) is 9.80 Å². The van der Waals surface area contributed by atoms with Crippen LogP contribution in [0.3, 0.4) is 0 Å². The van der Waals surface area contributed by atoms with Gasteiger partial charge in [-0.2, -0.15) is 0 Å². The molecule has 2 atom stereocenters. The van der Waals surface area contributed by atoms with Crippen LogP contribution >= 0.6 is 11.6 Å². The van der Waals surface area contributed by atoms with E-state index in [-0.39, 0.29) is 12.2 Å². The first kappa shape index (κ1) is 18.9. The molecule has 2 aliphatic rings. The number of β-amino-alcohol motifs (C(OH)–C–C–N with tert-alkyl or cyclic N) is 1. The minimum absolute atomic E-state index is 0.00811. The quantitative estimate of drug-likeness (QED) is 0.797. The molecule has 5 nitrogen and oxygen atoms in total. The summed E-state index contributed by atoms with van der Waals surface area (Å²) in [6.07, 6.45) is 0.801. The summed E-state index contributed by atoms with van der Waals surface area (Å²) in [7, 11) is 0. The maximum Gasteiger partial charge on any atom is 0.0972 e. The standard InChI is InChI=1S/C19H30ClN3O2/c1-2-25-19-15-22(14-18(19)24)8-4-7-21-9-11-23(12-10-21)17-6-3-5-16(20)13-17/h3,5-6,13,18-19,24H,2,4,7-12,14-15H2,1H3/t18-,19-/m1/s1. The van der Waals surface area contributed by atoms with Gasteiger partial charge in [0.15, 0.2) is 0 Å². The van der Waals surface area contributed by atoms with Gasteiger partial charge in [-0.3, -0.25) is 9.80 Å². The minimum Gasteiger partial charge on any atom is -0.389 e. The first-order valence-corrected chi connectivity index (χ1v) is 9.78. The Bertz CT molecular complexity index is 537. The smallest absolute Gasteiger partial charge is 0.0972 e. The van der Waals surface area contributed by atoms with Gasteiger partial charge in [-0.25, -0.2) is 0 Å². The fourth-order valence-corrected chi connectivity index (χ4v) is 4.00. The summed E-state index contributed by atoms with van der Waals surface area (Å²) >= 11 is 6.10. The Kier molecular flexibility index (Phi) is 6.96. The summed E-state index contributed by atoms with van der Waals surface area (Å²) in [5.74, 6) is 0. The molecule has 0 spiro atoms. The molecule has 1 aromatic rings. The maximum atomic E-state index is 10.0. The molecule has 1 aromatic carbocycles. The molecule has 0 aliphatic carbocycles. The molecule has 2 aliphatic heterocycles. The number of piperazine rings is 1. The first-order chi connectivity index (χ1) is 12.2. The molecule has 0 unspecified atom stereocenters. The van der Waals surface area contributed by atoms with Crippen LogP contribution in [0.2, 0.25) is 5.02 Å². The Labute approximate surface area is 156 Å². The number of likely N-dealkylation sites (tertiary alicyclic amines) is 1. The Morgan fingerprint density at radius 2 is 1.88 bits per heavy atom. The third-order valence-electron chi connectivity index (χ3n) is 5.19. The highest BCUT2D eigenvalue weighted by Crippen LogP contribution is 2.21. The molecule has 25 heavy (non-hydrogen) atoms. The van der Waals surface area contributed by atoms with E-state index in [1.165, 1.54) is 5.69 Å². The summed E-state index contributed by atoms with van der Waals surface area (Å²) in [5.41, 5.74) is 1.22. The van der Waals surface area contributed by atoms with E-state index in [9.17, 15) is 5.11 Å². The van der Waals surface area contributed by atoms with Crippen LogP contribution in [0.4, 0.5) is 5.69 Å². The summed E-state index contributed by atoms with van der Waals surface area (Å²) in [6, 6.07) is 8.12. The van der Waals surface area contributed by atoms with Crippen molar-refractivity contribution in [3.8, 4) is 0 Å². The molecule has 2 heterocycles. The van der Waals surface area contributed by atoms with Gasteiger partial charge in [-0.05, 0) is 44.6 Å². The zero-order valence-corrected chi connectivity index (χ0v) is 15.9. The fraction of sp³-hybridized carbons (Fsp3) is 0.684. The van der Waals surface area contributed by atoms with E-state index in [0.29, 0.717) is 6.61 Å². The first-order valence-electron chi connectivity index (χ1n) is 9.40. The molecule has 0 radical (unpaired) electrons. The third kappa shape index (κ3) is 5.31. The van der Waals surface area contributed by atoms with E-state index < -0.39 is 0 Å². The highest BCUT2D eigenvalue weighted by Gasteiger charge is 2.31. The second kappa shape index (κ2) is 9.19. The van der Waals surface area contributed by atoms with Gasteiger partial charge in [0.1, 0.15) is 0 Å². The minimum atomic E-state index is -0.332. The van der Waals surface area contributed by atoms with Gasteiger partial charge in [0.05, 0.1) is 12.2 Å². The number of anilines is 1. The zero-order chi connectivity index (χ0) is 17.6. The lowest BCUT2D eigenvalue weighted by atomic mass is 10.2. The lowest BCUT2D eigenvalue weighted by Crippen LogP contribution is -2.47. The third-order valence-corrected chi connectivity index (χ3v) is 5.42. The van der Waals surface area contributed by atoms with Crippen molar-refractivity contribution in [3.05, 3.63) is 29.3 Å². The van der Waals surface area contributed by atoms with Crippen molar-refractivity contribution in [3.63, 3.8) is 0 Å². The van der Waals surface area contributed by atoms with Gasteiger partial charge >= 0.3 is 0 Å². The van der Waals surface area contributed by atoms with E-state index in [4.69, 9.17) is 16.3 Å². The van der Waals surface area contributed by atoms with Crippen LogP contribution in [0.25, 0.3) is 0 Å². The predicted octanol–water partition coefficient (Wildman–Crippen LogP) is 1.93. The number of benzene rings is 1. The second-order valence-corrected chi connectivity index (χ2v) is 7.42. The average Bonchev–Trinajstić information content (AvgIpc) is 2.96. The second-order valence-electron chi connectivity index (χ2n) is 6.98. The number of nitrogens with zero attached hydrogens (tertiary/aromatic N) is 3.